The molecule has 17 heavy (non-hydrogen) atoms. The highest BCUT2D eigenvalue weighted by Gasteiger charge is 2.05. The quantitative estimate of drug-likeness (QED) is 0.694. The van der Waals surface area contributed by atoms with Gasteiger partial charge in [0.05, 0.1) is 0 Å². The highest BCUT2D eigenvalue weighted by Crippen LogP contribution is 2.25. The summed E-state index contributed by atoms with van der Waals surface area (Å²) in [6, 6.07) is 16.5. The number of hydrogen-bond donors (Lipinski definition) is 0. The van der Waals surface area contributed by atoms with Crippen LogP contribution in [0.15, 0.2) is 59.5 Å². The Morgan fingerprint density at radius 2 is 1.53 bits per heavy atom. The molecule has 3 heteroatoms. The van der Waals surface area contributed by atoms with Crippen molar-refractivity contribution in [3.05, 3.63) is 65.7 Å². The van der Waals surface area contributed by atoms with Crippen LogP contribution in [-0.2, 0) is 5.75 Å². The topological polar surface area (TPSA) is 0 Å². The summed E-state index contributed by atoms with van der Waals surface area (Å²) in [4.78, 5) is 1.01. The van der Waals surface area contributed by atoms with Crippen LogP contribution in [0.1, 0.15) is 17.6 Å². The molecule has 88 valence electrons. The number of thioether (sulfide) groups is 1. The zero-order valence-electron chi connectivity index (χ0n) is 9.14. The second-order valence-electron chi connectivity index (χ2n) is 3.64. The van der Waals surface area contributed by atoms with Gasteiger partial charge in [-0.1, -0.05) is 42.5 Å². The van der Waals surface area contributed by atoms with Gasteiger partial charge in [-0.15, -0.1) is 11.8 Å². The minimum atomic E-state index is -2.39. The first-order valence-corrected chi connectivity index (χ1v) is 6.29. The van der Waals surface area contributed by atoms with E-state index in [-0.39, 0.29) is 5.56 Å². The Morgan fingerprint density at radius 3 is 2.12 bits per heavy atom. The molecule has 0 N–H and O–H groups in total. The predicted molar refractivity (Wildman–Crippen MR) is 67.4 cm³/mol. The fourth-order valence-electron chi connectivity index (χ4n) is 1.45. The van der Waals surface area contributed by atoms with Crippen LogP contribution in [0.2, 0.25) is 0 Å². The number of rotatable bonds is 4. The lowest BCUT2D eigenvalue weighted by Gasteiger charge is -2.03. The second kappa shape index (κ2) is 5.82. The first-order chi connectivity index (χ1) is 8.25. The first-order valence-electron chi connectivity index (χ1n) is 5.30. The van der Waals surface area contributed by atoms with Crippen molar-refractivity contribution in [3.8, 4) is 0 Å². The van der Waals surface area contributed by atoms with Crippen molar-refractivity contribution in [3.63, 3.8) is 0 Å². The van der Waals surface area contributed by atoms with Crippen molar-refractivity contribution >= 4 is 11.8 Å². The van der Waals surface area contributed by atoms with E-state index in [4.69, 9.17) is 0 Å². The molecule has 0 atom stereocenters. The Kier molecular flexibility index (Phi) is 4.15. The molecular weight excluding hydrogens is 238 g/mol. The summed E-state index contributed by atoms with van der Waals surface area (Å²) < 4.78 is 24.7. The molecular formula is C14H12F2S. The number of alkyl halides is 2. The van der Waals surface area contributed by atoms with Crippen LogP contribution in [0.5, 0.6) is 0 Å². The Balaban J connectivity index is 1.96. The van der Waals surface area contributed by atoms with E-state index in [1.807, 2.05) is 18.2 Å². The lowest BCUT2D eigenvalue weighted by molar-refractivity contribution is 0.151. The van der Waals surface area contributed by atoms with Gasteiger partial charge in [-0.3, -0.25) is 0 Å². The highest BCUT2D eigenvalue weighted by molar-refractivity contribution is 7.98. The molecule has 0 nitrogen and oxygen atoms in total. The Morgan fingerprint density at radius 1 is 0.882 bits per heavy atom. The van der Waals surface area contributed by atoms with Gasteiger partial charge in [-0.25, -0.2) is 8.78 Å². The maximum Gasteiger partial charge on any atom is 0.263 e. The summed E-state index contributed by atoms with van der Waals surface area (Å²) in [5.74, 6) is 0.856. The van der Waals surface area contributed by atoms with Crippen LogP contribution in [0.4, 0.5) is 8.78 Å². The van der Waals surface area contributed by atoms with Crippen molar-refractivity contribution in [1.29, 1.82) is 0 Å². The lowest BCUT2D eigenvalue weighted by Crippen LogP contribution is -1.83. The van der Waals surface area contributed by atoms with E-state index in [0.29, 0.717) is 0 Å². The zero-order chi connectivity index (χ0) is 12.1. The predicted octanol–water partition coefficient (Wildman–Crippen LogP) is 4.92. The smallest absolute Gasteiger partial charge is 0.205 e. The molecule has 0 heterocycles. The van der Waals surface area contributed by atoms with E-state index in [1.54, 1.807) is 23.9 Å². The fourth-order valence-corrected chi connectivity index (χ4v) is 2.30. The van der Waals surface area contributed by atoms with Gasteiger partial charge in [0.2, 0.25) is 0 Å². The molecule has 0 saturated carbocycles. The summed E-state index contributed by atoms with van der Waals surface area (Å²) in [7, 11) is 0. The van der Waals surface area contributed by atoms with Gasteiger partial charge in [-0.2, -0.15) is 0 Å². The summed E-state index contributed by atoms with van der Waals surface area (Å²) in [5.41, 5.74) is 1.31. The van der Waals surface area contributed by atoms with E-state index < -0.39 is 6.43 Å². The average molecular weight is 250 g/mol. The molecule has 0 aliphatic rings. The SMILES string of the molecule is FC(F)c1ccc(SCc2ccccc2)cc1. The van der Waals surface area contributed by atoms with Gasteiger partial charge in [0, 0.05) is 16.2 Å². The van der Waals surface area contributed by atoms with Crippen molar-refractivity contribution in [2.75, 3.05) is 0 Å². The van der Waals surface area contributed by atoms with Crippen LogP contribution in [0.25, 0.3) is 0 Å². The molecule has 0 spiro atoms. The van der Waals surface area contributed by atoms with Crippen molar-refractivity contribution in [1.82, 2.24) is 0 Å². The van der Waals surface area contributed by atoms with Gasteiger partial charge >= 0.3 is 0 Å². The third-order valence-corrected chi connectivity index (χ3v) is 3.46. The average Bonchev–Trinajstić information content (AvgIpc) is 2.38. The van der Waals surface area contributed by atoms with Crippen molar-refractivity contribution < 1.29 is 8.78 Å². The standard InChI is InChI=1S/C14H12F2S/c15-14(16)12-6-8-13(9-7-12)17-10-11-4-2-1-3-5-11/h1-9,14H,10H2. The normalized spacial score (nSPS) is 10.8. The molecule has 0 amide bonds. The summed E-state index contributed by atoms with van der Waals surface area (Å²) in [6.07, 6.45) is -2.39. The molecule has 0 unspecified atom stereocenters. The van der Waals surface area contributed by atoms with Crippen molar-refractivity contribution in [2.24, 2.45) is 0 Å². The number of halogens is 2. The molecule has 0 bridgehead atoms. The summed E-state index contributed by atoms with van der Waals surface area (Å²) in [6.45, 7) is 0. The van der Waals surface area contributed by atoms with Crippen LogP contribution in [-0.4, -0.2) is 0 Å². The molecule has 0 fully saturated rings. The van der Waals surface area contributed by atoms with E-state index >= 15 is 0 Å². The van der Waals surface area contributed by atoms with E-state index in [9.17, 15) is 8.78 Å². The molecule has 2 rings (SSSR count). The minimum absolute atomic E-state index is 0.0778. The molecule has 2 aromatic rings. The van der Waals surface area contributed by atoms with Crippen LogP contribution in [0.3, 0.4) is 0 Å². The maximum atomic E-state index is 12.3. The summed E-state index contributed by atoms with van der Waals surface area (Å²) >= 11 is 1.65. The Labute approximate surface area is 104 Å². The minimum Gasteiger partial charge on any atom is -0.205 e. The van der Waals surface area contributed by atoms with Gasteiger partial charge < -0.3 is 0 Å². The molecule has 0 aliphatic heterocycles. The molecule has 0 aromatic heterocycles. The monoisotopic (exact) mass is 250 g/mol. The maximum absolute atomic E-state index is 12.3. The molecule has 0 saturated heterocycles. The fraction of sp³-hybridized carbons (Fsp3) is 0.143. The molecule has 0 radical (unpaired) electrons. The number of hydrogen-bond acceptors (Lipinski definition) is 1. The van der Waals surface area contributed by atoms with Gasteiger partial charge in [0.25, 0.3) is 6.43 Å². The van der Waals surface area contributed by atoms with Crippen molar-refractivity contribution in [2.45, 2.75) is 17.1 Å². The third kappa shape index (κ3) is 3.56. The molecule has 2 aromatic carbocycles. The molecule has 0 aliphatic carbocycles. The van der Waals surface area contributed by atoms with E-state index in [0.717, 1.165) is 10.6 Å². The highest BCUT2D eigenvalue weighted by atomic mass is 32.2. The van der Waals surface area contributed by atoms with Gasteiger partial charge in [-0.05, 0) is 17.7 Å². The summed E-state index contributed by atoms with van der Waals surface area (Å²) in [5, 5.41) is 0. The van der Waals surface area contributed by atoms with E-state index in [2.05, 4.69) is 12.1 Å². The zero-order valence-corrected chi connectivity index (χ0v) is 9.96. The van der Waals surface area contributed by atoms with Gasteiger partial charge in [0.1, 0.15) is 0 Å². The lowest BCUT2D eigenvalue weighted by atomic mass is 10.2. The van der Waals surface area contributed by atoms with Crippen LogP contribution >= 0.6 is 11.8 Å². The van der Waals surface area contributed by atoms with Crippen LogP contribution in [0, 0.1) is 0 Å². The Hall–Kier alpha value is -1.35. The second-order valence-corrected chi connectivity index (χ2v) is 4.69. The van der Waals surface area contributed by atoms with E-state index in [1.165, 1.54) is 17.7 Å². The van der Waals surface area contributed by atoms with Crippen LogP contribution < -0.4 is 0 Å². The Bertz CT molecular complexity index is 451. The van der Waals surface area contributed by atoms with Gasteiger partial charge in [0.15, 0.2) is 0 Å². The number of benzene rings is 2. The third-order valence-electron chi connectivity index (χ3n) is 2.38. The first kappa shape index (κ1) is 12.1. The largest absolute Gasteiger partial charge is 0.263 e.